The third-order valence-corrected chi connectivity index (χ3v) is 3.47. The first kappa shape index (κ1) is 13.5. The number of amides is 1. The molecule has 1 rings (SSSR count). The van der Waals surface area contributed by atoms with Gasteiger partial charge in [0.05, 0.1) is 6.54 Å². The fourth-order valence-corrected chi connectivity index (χ4v) is 2.32. The van der Waals surface area contributed by atoms with Gasteiger partial charge < -0.3 is 10.2 Å². The molecule has 0 aliphatic carbocycles. The average Bonchev–Trinajstić information content (AvgIpc) is 2.30. The van der Waals surface area contributed by atoms with Crippen molar-refractivity contribution in [2.75, 3.05) is 19.6 Å². The van der Waals surface area contributed by atoms with E-state index in [1.54, 1.807) is 0 Å². The number of hydrogen-bond donors (Lipinski definition) is 1. The maximum atomic E-state index is 11.9. The molecule has 3 heteroatoms. The van der Waals surface area contributed by atoms with E-state index in [-0.39, 0.29) is 5.91 Å². The van der Waals surface area contributed by atoms with Gasteiger partial charge in [-0.25, -0.2) is 0 Å². The highest BCUT2D eigenvalue weighted by Crippen LogP contribution is 2.09. The second kappa shape index (κ2) is 6.89. The number of hydrogen-bond acceptors (Lipinski definition) is 2. The molecule has 0 spiro atoms. The Hall–Kier alpha value is -0.570. The predicted octanol–water partition coefficient (Wildman–Crippen LogP) is 2.02. The number of carbonyl (C=O) groups excluding carboxylic acids is 1. The molecule has 0 aromatic heterocycles. The maximum Gasteiger partial charge on any atom is 0.236 e. The zero-order valence-electron chi connectivity index (χ0n) is 11.0. The van der Waals surface area contributed by atoms with E-state index in [9.17, 15) is 4.79 Å². The van der Waals surface area contributed by atoms with Gasteiger partial charge in [-0.2, -0.15) is 0 Å². The predicted molar refractivity (Wildman–Crippen MR) is 67.4 cm³/mol. The Morgan fingerprint density at radius 3 is 2.38 bits per heavy atom. The summed E-state index contributed by atoms with van der Waals surface area (Å²) in [6.45, 7) is 9.00. The molecule has 1 fully saturated rings. The van der Waals surface area contributed by atoms with E-state index >= 15 is 0 Å². The Morgan fingerprint density at radius 1 is 1.25 bits per heavy atom. The summed E-state index contributed by atoms with van der Waals surface area (Å²) in [7, 11) is 0. The van der Waals surface area contributed by atoms with Crippen molar-refractivity contribution in [1.82, 2.24) is 10.2 Å². The second-order valence-corrected chi connectivity index (χ2v) is 5.08. The van der Waals surface area contributed by atoms with Crippen LogP contribution in [0, 0.1) is 5.92 Å². The van der Waals surface area contributed by atoms with Crippen LogP contribution in [0.1, 0.15) is 46.5 Å². The molecule has 1 unspecified atom stereocenters. The summed E-state index contributed by atoms with van der Waals surface area (Å²) in [4.78, 5) is 13.9. The maximum absolute atomic E-state index is 11.9. The lowest BCUT2D eigenvalue weighted by atomic mass is 10.0. The van der Waals surface area contributed by atoms with Gasteiger partial charge in [0, 0.05) is 19.1 Å². The largest absolute Gasteiger partial charge is 0.342 e. The van der Waals surface area contributed by atoms with Crippen LogP contribution in [0.25, 0.3) is 0 Å². The zero-order valence-corrected chi connectivity index (χ0v) is 11.0. The molecule has 3 nitrogen and oxygen atoms in total. The van der Waals surface area contributed by atoms with Crippen molar-refractivity contribution in [2.45, 2.75) is 52.5 Å². The van der Waals surface area contributed by atoms with Gasteiger partial charge in [-0.1, -0.05) is 20.8 Å². The van der Waals surface area contributed by atoms with Crippen LogP contribution in [0.3, 0.4) is 0 Å². The topological polar surface area (TPSA) is 32.3 Å². The lowest BCUT2D eigenvalue weighted by Gasteiger charge is -2.28. The molecular formula is C13H26N2O. The van der Waals surface area contributed by atoms with Crippen LogP contribution in [0.5, 0.6) is 0 Å². The normalized spacial score (nSPS) is 18.9. The van der Waals surface area contributed by atoms with E-state index in [2.05, 4.69) is 26.1 Å². The first-order chi connectivity index (χ1) is 7.65. The zero-order chi connectivity index (χ0) is 12.0. The number of nitrogens with one attached hydrogen (secondary N) is 1. The summed E-state index contributed by atoms with van der Waals surface area (Å²) in [5.41, 5.74) is 0. The van der Waals surface area contributed by atoms with Crippen LogP contribution < -0.4 is 5.32 Å². The monoisotopic (exact) mass is 226 g/mol. The van der Waals surface area contributed by atoms with Crippen molar-refractivity contribution in [3.8, 4) is 0 Å². The van der Waals surface area contributed by atoms with Crippen LogP contribution >= 0.6 is 0 Å². The highest BCUT2D eigenvalue weighted by molar-refractivity contribution is 5.78. The van der Waals surface area contributed by atoms with Crippen molar-refractivity contribution in [1.29, 1.82) is 0 Å². The minimum absolute atomic E-state index is 0.277. The molecule has 1 heterocycles. The quantitative estimate of drug-likeness (QED) is 0.778. The molecule has 1 atom stereocenters. The summed E-state index contributed by atoms with van der Waals surface area (Å²) >= 11 is 0. The molecule has 0 radical (unpaired) electrons. The van der Waals surface area contributed by atoms with E-state index in [0.717, 1.165) is 19.5 Å². The van der Waals surface area contributed by atoms with Crippen LogP contribution in [0.2, 0.25) is 0 Å². The third kappa shape index (κ3) is 4.12. The third-order valence-electron chi connectivity index (χ3n) is 3.47. The van der Waals surface area contributed by atoms with Crippen LogP contribution in [0.4, 0.5) is 0 Å². The number of piperidine rings is 1. The number of rotatable bonds is 5. The van der Waals surface area contributed by atoms with Gasteiger partial charge in [-0.3, -0.25) is 4.79 Å². The van der Waals surface area contributed by atoms with Crippen LogP contribution in [0.15, 0.2) is 0 Å². The molecule has 1 saturated heterocycles. The Kier molecular flexibility index (Phi) is 5.81. The van der Waals surface area contributed by atoms with E-state index < -0.39 is 0 Å². The molecular weight excluding hydrogens is 200 g/mol. The lowest BCUT2D eigenvalue weighted by Crippen LogP contribution is -2.44. The Morgan fingerprint density at radius 2 is 1.88 bits per heavy atom. The second-order valence-electron chi connectivity index (χ2n) is 5.08. The summed E-state index contributed by atoms with van der Waals surface area (Å²) in [6.07, 6.45) is 4.71. The smallest absolute Gasteiger partial charge is 0.236 e. The fraction of sp³-hybridized carbons (Fsp3) is 0.923. The minimum atomic E-state index is 0.277. The fourth-order valence-electron chi connectivity index (χ4n) is 2.32. The van der Waals surface area contributed by atoms with Gasteiger partial charge in [0.2, 0.25) is 5.91 Å². The first-order valence-corrected chi connectivity index (χ1v) is 6.66. The Balaban J connectivity index is 2.27. The summed E-state index contributed by atoms with van der Waals surface area (Å²) in [5, 5.41) is 3.37. The van der Waals surface area contributed by atoms with Crippen molar-refractivity contribution in [3.63, 3.8) is 0 Å². The minimum Gasteiger partial charge on any atom is -0.342 e. The van der Waals surface area contributed by atoms with Crippen LogP contribution in [-0.4, -0.2) is 36.5 Å². The average molecular weight is 226 g/mol. The number of likely N-dealkylation sites (tertiary alicyclic amines) is 1. The van der Waals surface area contributed by atoms with Gasteiger partial charge >= 0.3 is 0 Å². The van der Waals surface area contributed by atoms with E-state index in [0.29, 0.717) is 18.5 Å². The van der Waals surface area contributed by atoms with Crippen molar-refractivity contribution in [2.24, 2.45) is 5.92 Å². The van der Waals surface area contributed by atoms with Gasteiger partial charge in [0.1, 0.15) is 0 Å². The Labute approximate surface area is 99.6 Å². The number of nitrogens with zero attached hydrogens (tertiary/aromatic N) is 1. The summed E-state index contributed by atoms with van der Waals surface area (Å²) < 4.78 is 0. The SMILES string of the molecule is CCC(NCC(=O)N1CCCCC1)C(C)C. The first-order valence-electron chi connectivity index (χ1n) is 6.66. The van der Waals surface area contributed by atoms with E-state index in [1.165, 1.54) is 19.3 Å². The highest BCUT2D eigenvalue weighted by atomic mass is 16.2. The van der Waals surface area contributed by atoms with Gasteiger partial charge in [-0.15, -0.1) is 0 Å². The van der Waals surface area contributed by atoms with Gasteiger partial charge in [0.15, 0.2) is 0 Å². The molecule has 1 N–H and O–H groups in total. The molecule has 0 bridgehead atoms. The van der Waals surface area contributed by atoms with Gasteiger partial charge in [0.25, 0.3) is 0 Å². The molecule has 94 valence electrons. The van der Waals surface area contributed by atoms with Crippen molar-refractivity contribution >= 4 is 5.91 Å². The standard InChI is InChI=1S/C13H26N2O/c1-4-12(11(2)3)14-10-13(16)15-8-6-5-7-9-15/h11-12,14H,4-10H2,1-3H3. The molecule has 16 heavy (non-hydrogen) atoms. The summed E-state index contributed by atoms with van der Waals surface area (Å²) in [5.74, 6) is 0.873. The Bertz CT molecular complexity index is 210. The molecule has 1 aliphatic rings. The molecule has 0 saturated carbocycles. The molecule has 0 aromatic carbocycles. The highest BCUT2D eigenvalue weighted by Gasteiger charge is 2.18. The van der Waals surface area contributed by atoms with Gasteiger partial charge in [-0.05, 0) is 31.6 Å². The summed E-state index contributed by atoms with van der Waals surface area (Å²) in [6, 6.07) is 0.466. The number of carbonyl (C=O) groups is 1. The van der Waals surface area contributed by atoms with Crippen molar-refractivity contribution in [3.05, 3.63) is 0 Å². The van der Waals surface area contributed by atoms with E-state index in [4.69, 9.17) is 0 Å². The van der Waals surface area contributed by atoms with E-state index in [1.807, 2.05) is 4.90 Å². The van der Waals surface area contributed by atoms with Crippen molar-refractivity contribution < 1.29 is 4.79 Å². The molecule has 1 amide bonds. The lowest BCUT2D eigenvalue weighted by molar-refractivity contribution is -0.131. The molecule has 0 aromatic rings. The molecule has 1 aliphatic heterocycles. The van der Waals surface area contributed by atoms with Crippen LogP contribution in [-0.2, 0) is 4.79 Å².